The van der Waals surface area contributed by atoms with E-state index in [1.165, 1.54) is 0 Å². The third kappa shape index (κ3) is 3.44. The van der Waals surface area contributed by atoms with Gasteiger partial charge >= 0.3 is 0 Å². The number of para-hydroxylation sites is 1. The molecule has 0 aliphatic heterocycles. The number of nitrogens with two attached hydrogens (primary N) is 1. The molecular formula is C10H16N2O. The van der Waals surface area contributed by atoms with E-state index < -0.39 is 0 Å². The van der Waals surface area contributed by atoms with E-state index >= 15 is 0 Å². The minimum absolute atomic E-state index is 0.729. The molecule has 0 atom stereocenters. The Hall–Kier alpha value is -1.06. The SMILES string of the molecule is COCCNCc1ccccc1N. The summed E-state index contributed by atoms with van der Waals surface area (Å²) < 4.78 is 4.92. The van der Waals surface area contributed by atoms with Crippen molar-refractivity contribution in [1.29, 1.82) is 0 Å². The topological polar surface area (TPSA) is 47.3 Å². The summed E-state index contributed by atoms with van der Waals surface area (Å²) in [6, 6.07) is 7.86. The Morgan fingerprint density at radius 2 is 2.15 bits per heavy atom. The number of nitrogen functional groups attached to an aromatic ring is 1. The number of ether oxygens (including phenoxy) is 1. The van der Waals surface area contributed by atoms with Crippen LogP contribution < -0.4 is 11.1 Å². The molecule has 1 rings (SSSR count). The zero-order chi connectivity index (χ0) is 9.52. The maximum Gasteiger partial charge on any atom is 0.0587 e. The Morgan fingerprint density at radius 3 is 2.85 bits per heavy atom. The van der Waals surface area contributed by atoms with Crippen LogP contribution in [0.25, 0.3) is 0 Å². The second kappa shape index (κ2) is 5.56. The average molecular weight is 180 g/mol. The van der Waals surface area contributed by atoms with Crippen LogP contribution in [0, 0.1) is 0 Å². The summed E-state index contributed by atoms with van der Waals surface area (Å²) >= 11 is 0. The minimum atomic E-state index is 0.729. The summed E-state index contributed by atoms with van der Waals surface area (Å²) in [7, 11) is 1.69. The van der Waals surface area contributed by atoms with E-state index in [0.29, 0.717) is 0 Å². The second-order valence-corrected chi connectivity index (χ2v) is 2.87. The van der Waals surface area contributed by atoms with Crippen molar-refractivity contribution in [2.75, 3.05) is 26.0 Å². The van der Waals surface area contributed by atoms with Gasteiger partial charge in [0, 0.05) is 25.9 Å². The van der Waals surface area contributed by atoms with Crippen molar-refractivity contribution < 1.29 is 4.74 Å². The van der Waals surface area contributed by atoms with Crippen LogP contribution in [0.1, 0.15) is 5.56 Å². The minimum Gasteiger partial charge on any atom is -0.398 e. The molecule has 1 aromatic carbocycles. The molecule has 0 spiro atoms. The van der Waals surface area contributed by atoms with Gasteiger partial charge < -0.3 is 15.8 Å². The van der Waals surface area contributed by atoms with Gasteiger partial charge in [-0.1, -0.05) is 18.2 Å². The van der Waals surface area contributed by atoms with Crippen LogP contribution in [0.15, 0.2) is 24.3 Å². The molecule has 72 valence electrons. The third-order valence-electron chi connectivity index (χ3n) is 1.85. The van der Waals surface area contributed by atoms with Crippen LogP contribution in [0.3, 0.4) is 0 Å². The maximum atomic E-state index is 5.76. The van der Waals surface area contributed by atoms with E-state index in [0.717, 1.165) is 30.9 Å². The molecule has 0 unspecified atom stereocenters. The lowest BCUT2D eigenvalue weighted by Gasteiger charge is -2.06. The molecule has 0 bridgehead atoms. The van der Waals surface area contributed by atoms with E-state index in [4.69, 9.17) is 10.5 Å². The molecule has 0 saturated heterocycles. The Morgan fingerprint density at radius 1 is 1.38 bits per heavy atom. The number of rotatable bonds is 5. The van der Waals surface area contributed by atoms with Gasteiger partial charge in [0.15, 0.2) is 0 Å². The van der Waals surface area contributed by atoms with Gasteiger partial charge in [0.2, 0.25) is 0 Å². The van der Waals surface area contributed by atoms with Gasteiger partial charge in [-0.25, -0.2) is 0 Å². The van der Waals surface area contributed by atoms with E-state index in [-0.39, 0.29) is 0 Å². The molecule has 0 aromatic heterocycles. The highest BCUT2D eigenvalue weighted by Gasteiger charge is 1.95. The summed E-state index contributed by atoms with van der Waals surface area (Å²) in [5.74, 6) is 0. The first-order valence-corrected chi connectivity index (χ1v) is 4.37. The van der Waals surface area contributed by atoms with Crippen molar-refractivity contribution in [2.45, 2.75) is 6.54 Å². The van der Waals surface area contributed by atoms with Crippen LogP contribution >= 0.6 is 0 Å². The van der Waals surface area contributed by atoms with Gasteiger partial charge in [-0.2, -0.15) is 0 Å². The van der Waals surface area contributed by atoms with Crippen molar-refractivity contribution in [1.82, 2.24) is 5.32 Å². The molecule has 3 N–H and O–H groups in total. The number of benzene rings is 1. The van der Waals surface area contributed by atoms with Gasteiger partial charge in [-0.3, -0.25) is 0 Å². The monoisotopic (exact) mass is 180 g/mol. The fourth-order valence-electron chi connectivity index (χ4n) is 1.09. The highest BCUT2D eigenvalue weighted by Crippen LogP contribution is 2.09. The Bertz CT molecular complexity index is 250. The first-order chi connectivity index (χ1) is 6.34. The molecule has 0 aliphatic carbocycles. The molecule has 3 nitrogen and oxygen atoms in total. The van der Waals surface area contributed by atoms with E-state index in [2.05, 4.69) is 5.32 Å². The Balaban J connectivity index is 2.32. The van der Waals surface area contributed by atoms with Gasteiger partial charge in [-0.05, 0) is 11.6 Å². The highest BCUT2D eigenvalue weighted by atomic mass is 16.5. The Kier molecular flexibility index (Phi) is 4.29. The molecule has 0 fully saturated rings. The fourth-order valence-corrected chi connectivity index (χ4v) is 1.09. The zero-order valence-electron chi connectivity index (χ0n) is 7.92. The number of nitrogens with one attached hydrogen (secondary N) is 1. The number of hydrogen-bond donors (Lipinski definition) is 2. The van der Waals surface area contributed by atoms with Crippen LogP contribution in [-0.4, -0.2) is 20.3 Å². The number of methoxy groups -OCH3 is 1. The number of hydrogen-bond acceptors (Lipinski definition) is 3. The first-order valence-electron chi connectivity index (χ1n) is 4.37. The highest BCUT2D eigenvalue weighted by molar-refractivity contribution is 5.46. The molecule has 0 heterocycles. The van der Waals surface area contributed by atoms with Gasteiger partial charge in [0.25, 0.3) is 0 Å². The normalized spacial score (nSPS) is 10.2. The quantitative estimate of drug-likeness (QED) is 0.525. The van der Waals surface area contributed by atoms with Crippen molar-refractivity contribution in [2.24, 2.45) is 0 Å². The summed E-state index contributed by atoms with van der Waals surface area (Å²) in [5, 5.41) is 3.24. The number of anilines is 1. The lowest BCUT2D eigenvalue weighted by molar-refractivity contribution is 0.199. The maximum absolute atomic E-state index is 5.76. The molecular weight excluding hydrogens is 164 g/mol. The fraction of sp³-hybridized carbons (Fsp3) is 0.400. The standard InChI is InChI=1S/C10H16N2O/c1-13-7-6-12-8-9-4-2-3-5-10(9)11/h2-5,12H,6-8,11H2,1H3. The lowest BCUT2D eigenvalue weighted by atomic mass is 10.2. The molecule has 0 amide bonds. The predicted molar refractivity (Wildman–Crippen MR) is 54.4 cm³/mol. The van der Waals surface area contributed by atoms with Gasteiger partial charge in [0.05, 0.1) is 6.61 Å². The smallest absolute Gasteiger partial charge is 0.0587 e. The summed E-state index contributed by atoms with van der Waals surface area (Å²) in [5.41, 5.74) is 7.74. The molecule has 0 radical (unpaired) electrons. The van der Waals surface area contributed by atoms with Crippen molar-refractivity contribution >= 4 is 5.69 Å². The largest absolute Gasteiger partial charge is 0.398 e. The van der Waals surface area contributed by atoms with Crippen LogP contribution in [0.4, 0.5) is 5.69 Å². The van der Waals surface area contributed by atoms with Crippen LogP contribution in [0.2, 0.25) is 0 Å². The molecule has 1 aromatic rings. The lowest BCUT2D eigenvalue weighted by Crippen LogP contribution is -2.19. The summed E-state index contributed by atoms with van der Waals surface area (Å²) in [6.45, 7) is 2.38. The average Bonchev–Trinajstić information content (AvgIpc) is 2.15. The van der Waals surface area contributed by atoms with Crippen molar-refractivity contribution in [3.05, 3.63) is 29.8 Å². The van der Waals surface area contributed by atoms with Crippen LogP contribution in [0.5, 0.6) is 0 Å². The van der Waals surface area contributed by atoms with Crippen molar-refractivity contribution in [3.8, 4) is 0 Å². The van der Waals surface area contributed by atoms with E-state index in [1.807, 2.05) is 24.3 Å². The molecule has 0 aliphatic rings. The summed E-state index contributed by atoms with van der Waals surface area (Å²) in [4.78, 5) is 0. The zero-order valence-corrected chi connectivity index (χ0v) is 7.92. The summed E-state index contributed by atoms with van der Waals surface area (Å²) in [6.07, 6.45) is 0. The van der Waals surface area contributed by atoms with Gasteiger partial charge in [-0.15, -0.1) is 0 Å². The molecule has 13 heavy (non-hydrogen) atoms. The molecule has 3 heteroatoms. The van der Waals surface area contributed by atoms with Crippen molar-refractivity contribution in [3.63, 3.8) is 0 Å². The third-order valence-corrected chi connectivity index (χ3v) is 1.85. The first kappa shape index (κ1) is 10.0. The Labute approximate surface area is 78.9 Å². The second-order valence-electron chi connectivity index (χ2n) is 2.87. The molecule has 0 saturated carbocycles. The van der Waals surface area contributed by atoms with Gasteiger partial charge in [0.1, 0.15) is 0 Å². The predicted octanol–water partition coefficient (Wildman–Crippen LogP) is 1.00. The van der Waals surface area contributed by atoms with Crippen LogP contribution in [-0.2, 0) is 11.3 Å². The van der Waals surface area contributed by atoms with E-state index in [9.17, 15) is 0 Å². The van der Waals surface area contributed by atoms with E-state index in [1.54, 1.807) is 7.11 Å².